The maximum atomic E-state index is 13.5. The molecule has 0 unspecified atom stereocenters. The second-order valence-electron chi connectivity index (χ2n) is 9.30. The number of carbonyl (C=O) groups is 2. The minimum absolute atomic E-state index is 0.0478. The van der Waals surface area contributed by atoms with E-state index in [1.165, 1.54) is 17.0 Å². The van der Waals surface area contributed by atoms with Crippen LogP contribution in [0, 0.1) is 0 Å². The Bertz CT molecular complexity index is 1630. The van der Waals surface area contributed by atoms with Gasteiger partial charge in [-0.15, -0.1) is 0 Å². The van der Waals surface area contributed by atoms with Crippen LogP contribution >= 0.6 is 0 Å². The quantitative estimate of drug-likeness (QED) is 0.286. The molecule has 194 valence electrons. The number of anilines is 1. The molecule has 0 saturated carbocycles. The molecule has 0 aliphatic carbocycles. The summed E-state index contributed by atoms with van der Waals surface area (Å²) in [6.45, 7) is 0.648. The molecule has 5 rings (SSSR count). The summed E-state index contributed by atoms with van der Waals surface area (Å²) in [7, 11) is 1.77. The molecule has 7 nitrogen and oxygen atoms in total. The van der Waals surface area contributed by atoms with E-state index < -0.39 is 5.91 Å². The van der Waals surface area contributed by atoms with Gasteiger partial charge in [0.05, 0.1) is 12.1 Å². The molecule has 2 amide bonds. The van der Waals surface area contributed by atoms with Crippen molar-refractivity contribution in [3.8, 4) is 11.5 Å². The van der Waals surface area contributed by atoms with Gasteiger partial charge in [0.2, 0.25) is 0 Å². The first kappa shape index (κ1) is 25.5. The molecule has 4 aromatic carbocycles. The zero-order valence-corrected chi connectivity index (χ0v) is 21.4. The van der Waals surface area contributed by atoms with Crippen molar-refractivity contribution < 1.29 is 19.8 Å². The van der Waals surface area contributed by atoms with Crippen LogP contribution < -0.4 is 4.90 Å². The van der Waals surface area contributed by atoms with Crippen molar-refractivity contribution in [2.24, 2.45) is 0 Å². The van der Waals surface area contributed by atoms with E-state index in [2.05, 4.69) is 23.2 Å². The molecule has 0 spiro atoms. The second kappa shape index (κ2) is 11.1. The van der Waals surface area contributed by atoms with Gasteiger partial charge in [-0.1, -0.05) is 48.5 Å². The number of rotatable bonds is 7. The van der Waals surface area contributed by atoms with Gasteiger partial charge in [0.15, 0.2) is 0 Å². The van der Waals surface area contributed by atoms with Crippen molar-refractivity contribution >= 4 is 28.3 Å². The number of benzene rings is 4. The maximum Gasteiger partial charge on any atom is 0.262 e. The lowest BCUT2D eigenvalue weighted by atomic mass is 10.0. The van der Waals surface area contributed by atoms with E-state index in [4.69, 9.17) is 0 Å². The van der Waals surface area contributed by atoms with Gasteiger partial charge in [-0.3, -0.25) is 14.6 Å². The summed E-state index contributed by atoms with van der Waals surface area (Å²) in [5.74, 6) is -1.06. The first-order valence-electron chi connectivity index (χ1n) is 12.5. The third kappa shape index (κ3) is 5.57. The summed E-state index contributed by atoms with van der Waals surface area (Å²) < 4.78 is 0. The summed E-state index contributed by atoms with van der Waals surface area (Å²) in [6.07, 6.45) is 3.31. The fourth-order valence-electron chi connectivity index (χ4n) is 4.56. The van der Waals surface area contributed by atoms with Gasteiger partial charge in [-0.05, 0) is 64.4 Å². The molecule has 7 heteroatoms. The molecular weight excluding hydrogens is 490 g/mol. The van der Waals surface area contributed by atoms with Gasteiger partial charge in [0, 0.05) is 43.3 Å². The van der Waals surface area contributed by atoms with Crippen molar-refractivity contribution in [2.45, 2.75) is 13.1 Å². The van der Waals surface area contributed by atoms with Crippen LogP contribution in [0.1, 0.15) is 31.8 Å². The number of carbonyl (C=O) groups excluding carboxylic acids is 2. The summed E-state index contributed by atoms with van der Waals surface area (Å²) in [6, 6.07) is 28.5. The van der Waals surface area contributed by atoms with Crippen LogP contribution in [-0.2, 0) is 13.1 Å². The normalized spacial score (nSPS) is 10.8. The zero-order chi connectivity index (χ0) is 27.4. The summed E-state index contributed by atoms with van der Waals surface area (Å²) >= 11 is 0. The van der Waals surface area contributed by atoms with Crippen LogP contribution in [0.15, 0.2) is 109 Å². The van der Waals surface area contributed by atoms with Crippen molar-refractivity contribution in [1.29, 1.82) is 0 Å². The number of phenols is 2. The monoisotopic (exact) mass is 517 g/mol. The average molecular weight is 518 g/mol. The van der Waals surface area contributed by atoms with Crippen molar-refractivity contribution in [3.05, 3.63) is 132 Å². The Morgan fingerprint density at radius 2 is 1.56 bits per heavy atom. The predicted molar refractivity (Wildman–Crippen MR) is 151 cm³/mol. The van der Waals surface area contributed by atoms with Crippen LogP contribution in [0.3, 0.4) is 0 Å². The highest BCUT2D eigenvalue weighted by atomic mass is 16.3. The number of nitrogens with zero attached hydrogens (tertiary/aromatic N) is 3. The highest BCUT2D eigenvalue weighted by Gasteiger charge is 2.22. The molecule has 0 bridgehead atoms. The number of hydrogen-bond acceptors (Lipinski definition) is 5. The van der Waals surface area contributed by atoms with Crippen molar-refractivity contribution in [1.82, 2.24) is 9.88 Å². The number of phenolic OH excluding ortho intramolecular Hbond substituents is 2. The third-order valence-electron chi connectivity index (χ3n) is 6.58. The lowest BCUT2D eigenvalue weighted by Crippen LogP contribution is -2.31. The van der Waals surface area contributed by atoms with E-state index in [1.54, 1.807) is 54.7 Å². The Hall–Kier alpha value is -5.17. The topological polar surface area (TPSA) is 94.0 Å². The average Bonchev–Trinajstić information content (AvgIpc) is 2.96. The largest absolute Gasteiger partial charge is 0.508 e. The molecule has 0 aliphatic heterocycles. The summed E-state index contributed by atoms with van der Waals surface area (Å²) in [4.78, 5) is 34.1. The molecule has 0 atom stereocenters. The molecule has 2 N–H and O–H groups in total. The minimum atomic E-state index is -0.455. The molecule has 39 heavy (non-hydrogen) atoms. The Morgan fingerprint density at radius 3 is 2.31 bits per heavy atom. The Balaban J connectivity index is 1.40. The van der Waals surface area contributed by atoms with Crippen LogP contribution in [0.25, 0.3) is 10.8 Å². The van der Waals surface area contributed by atoms with E-state index in [0.29, 0.717) is 17.8 Å². The summed E-state index contributed by atoms with van der Waals surface area (Å²) in [5, 5.41) is 22.2. The highest BCUT2D eigenvalue weighted by molar-refractivity contribution is 6.08. The summed E-state index contributed by atoms with van der Waals surface area (Å²) in [5.41, 5.74) is 2.93. The molecule has 0 saturated heterocycles. The Kier molecular flexibility index (Phi) is 7.23. The van der Waals surface area contributed by atoms with E-state index in [9.17, 15) is 19.8 Å². The van der Waals surface area contributed by atoms with Gasteiger partial charge in [0.25, 0.3) is 11.8 Å². The van der Waals surface area contributed by atoms with E-state index >= 15 is 0 Å². The van der Waals surface area contributed by atoms with Gasteiger partial charge in [-0.25, -0.2) is 0 Å². The Morgan fingerprint density at radius 1 is 0.795 bits per heavy atom. The van der Waals surface area contributed by atoms with Crippen LogP contribution in [0.2, 0.25) is 0 Å². The van der Waals surface area contributed by atoms with E-state index in [-0.39, 0.29) is 29.5 Å². The third-order valence-corrected chi connectivity index (χ3v) is 6.58. The van der Waals surface area contributed by atoms with Gasteiger partial charge >= 0.3 is 0 Å². The Labute approximate surface area is 226 Å². The number of aromatic nitrogens is 1. The first-order valence-corrected chi connectivity index (χ1v) is 12.5. The number of pyridine rings is 1. The molecule has 0 radical (unpaired) electrons. The molecular formula is C32H27N3O4. The lowest BCUT2D eigenvalue weighted by Gasteiger charge is -2.24. The fraction of sp³-hybridized carbons (Fsp3) is 0.0938. The van der Waals surface area contributed by atoms with Gasteiger partial charge in [-0.2, -0.15) is 0 Å². The van der Waals surface area contributed by atoms with Gasteiger partial charge in [0.1, 0.15) is 11.5 Å². The fourth-order valence-corrected chi connectivity index (χ4v) is 4.56. The van der Waals surface area contributed by atoms with Crippen molar-refractivity contribution in [3.63, 3.8) is 0 Å². The van der Waals surface area contributed by atoms with Gasteiger partial charge < -0.3 is 20.0 Å². The predicted octanol–water partition coefficient (Wildman–Crippen LogP) is 5.77. The lowest BCUT2D eigenvalue weighted by molar-refractivity contribution is 0.0785. The highest BCUT2D eigenvalue weighted by Crippen LogP contribution is 2.28. The number of fused-ring (bicyclic) bond motifs is 1. The molecule has 1 aromatic heterocycles. The first-order chi connectivity index (χ1) is 18.9. The molecule has 1 heterocycles. The van der Waals surface area contributed by atoms with E-state index in [0.717, 1.165) is 28.0 Å². The zero-order valence-electron chi connectivity index (χ0n) is 21.4. The molecule has 0 aliphatic rings. The van der Waals surface area contributed by atoms with E-state index in [1.807, 2.05) is 30.3 Å². The number of hydrogen-bond donors (Lipinski definition) is 2. The number of aromatic hydroxyl groups is 2. The minimum Gasteiger partial charge on any atom is -0.508 e. The van der Waals surface area contributed by atoms with Crippen molar-refractivity contribution in [2.75, 3.05) is 11.9 Å². The maximum absolute atomic E-state index is 13.5. The standard InChI is InChI=1S/C32H27N3O4/c1-34(21-25-9-4-8-23-7-2-3-10-28(23)25)31(38)24-11-13-26(14-12-24)35(20-22-6-5-17-33-19-22)32(39)29-16-15-27(36)18-30(29)37/h2-19,36-37H,20-21H2,1H3. The van der Waals surface area contributed by atoms with Crippen LogP contribution in [-0.4, -0.2) is 39.0 Å². The van der Waals surface area contributed by atoms with Crippen LogP contribution in [0.5, 0.6) is 11.5 Å². The van der Waals surface area contributed by atoms with Crippen LogP contribution in [0.4, 0.5) is 5.69 Å². The SMILES string of the molecule is CN(Cc1cccc2ccccc12)C(=O)c1ccc(N(Cc2cccnc2)C(=O)c2ccc(O)cc2O)cc1. The molecule has 5 aromatic rings. The molecule has 0 fully saturated rings. The smallest absolute Gasteiger partial charge is 0.262 e. The number of amides is 2. The second-order valence-corrected chi connectivity index (χ2v) is 9.30.